The monoisotopic (exact) mass is 446 g/mol. The predicted molar refractivity (Wildman–Crippen MR) is 105 cm³/mol. The molecule has 0 aliphatic heterocycles. The molecule has 0 saturated heterocycles. The quantitative estimate of drug-likeness (QED) is 0.453. The van der Waals surface area contributed by atoms with Crippen LogP contribution >= 0.6 is 0 Å². The lowest BCUT2D eigenvalue weighted by Gasteiger charge is -2.08. The van der Waals surface area contributed by atoms with E-state index in [1.165, 1.54) is 36.7 Å². The Morgan fingerprint density at radius 3 is 2.48 bits per heavy atom. The third kappa shape index (κ3) is 4.40. The molecule has 31 heavy (non-hydrogen) atoms. The fourth-order valence-electron chi connectivity index (χ4n) is 2.73. The third-order valence-electron chi connectivity index (χ3n) is 4.22. The Balaban J connectivity index is 1.58. The number of nitrogens with zero attached hydrogens (tertiary/aromatic N) is 4. The van der Waals surface area contributed by atoms with E-state index in [9.17, 15) is 21.6 Å². The van der Waals surface area contributed by atoms with E-state index in [1.807, 2.05) is 0 Å². The maximum atomic E-state index is 13.0. The van der Waals surface area contributed by atoms with Crippen LogP contribution in [-0.4, -0.2) is 27.5 Å². The Morgan fingerprint density at radius 1 is 1.00 bits per heavy atom. The van der Waals surface area contributed by atoms with Crippen molar-refractivity contribution in [2.24, 2.45) is 0 Å². The summed E-state index contributed by atoms with van der Waals surface area (Å²) in [7, 11) is -3.88. The van der Waals surface area contributed by atoms with Gasteiger partial charge in [0.2, 0.25) is 0 Å². The number of benzene rings is 1. The van der Waals surface area contributed by atoms with Gasteiger partial charge in [-0.3, -0.25) is 4.98 Å². The Hall–Kier alpha value is -3.73. The summed E-state index contributed by atoms with van der Waals surface area (Å²) in [6.07, 6.45) is 3.73. The molecule has 0 amide bonds. The molecule has 3 aromatic heterocycles. The van der Waals surface area contributed by atoms with Crippen molar-refractivity contribution < 1.29 is 26.1 Å². The van der Waals surface area contributed by atoms with Gasteiger partial charge in [-0.1, -0.05) is 17.3 Å². The Labute approximate surface area is 174 Å². The molecule has 0 aliphatic carbocycles. The summed E-state index contributed by atoms with van der Waals surface area (Å²) < 4.78 is 68.6. The first-order valence-electron chi connectivity index (χ1n) is 8.76. The van der Waals surface area contributed by atoms with E-state index in [0.717, 1.165) is 9.54 Å². The Kier molecular flexibility index (Phi) is 5.19. The van der Waals surface area contributed by atoms with Crippen LogP contribution in [0, 0.1) is 0 Å². The second-order valence-corrected chi connectivity index (χ2v) is 8.18. The van der Waals surface area contributed by atoms with E-state index in [0.29, 0.717) is 11.1 Å². The number of rotatable bonds is 5. The van der Waals surface area contributed by atoms with Crippen LogP contribution < -0.4 is 0 Å². The summed E-state index contributed by atoms with van der Waals surface area (Å²) in [4.78, 5) is 7.25. The zero-order chi connectivity index (χ0) is 22.1. The van der Waals surface area contributed by atoms with E-state index >= 15 is 0 Å². The fourth-order valence-corrected chi connectivity index (χ4v) is 3.98. The van der Waals surface area contributed by atoms with Crippen LogP contribution in [0.1, 0.15) is 17.3 Å². The van der Waals surface area contributed by atoms with Gasteiger partial charge in [-0.2, -0.15) is 18.2 Å². The standard InChI is InChI=1S/C20H13F3N4O3S/c21-20(22,23)19-25-18(26-30-19)5-4-14-8-11-27(13-14)31(28,29)17-3-1-2-16(12-17)15-6-9-24-10-7-15/h1-13H. The molecule has 0 radical (unpaired) electrons. The highest BCUT2D eigenvalue weighted by molar-refractivity contribution is 7.90. The van der Waals surface area contributed by atoms with Gasteiger partial charge >= 0.3 is 12.1 Å². The molecule has 0 atom stereocenters. The molecule has 0 N–H and O–H groups in total. The molecule has 0 aliphatic rings. The van der Waals surface area contributed by atoms with Crippen molar-refractivity contribution in [2.75, 3.05) is 0 Å². The van der Waals surface area contributed by atoms with E-state index in [-0.39, 0.29) is 10.7 Å². The van der Waals surface area contributed by atoms with Crippen molar-refractivity contribution in [1.29, 1.82) is 0 Å². The largest absolute Gasteiger partial charge is 0.471 e. The van der Waals surface area contributed by atoms with Gasteiger partial charge in [-0.25, -0.2) is 12.4 Å². The molecule has 0 spiro atoms. The summed E-state index contributed by atoms with van der Waals surface area (Å²) in [5, 5.41) is 3.22. The van der Waals surface area contributed by atoms with Gasteiger partial charge in [0.15, 0.2) is 5.82 Å². The lowest BCUT2D eigenvalue weighted by Crippen LogP contribution is -2.10. The maximum Gasteiger partial charge on any atom is 0.471 e. The van der Waals surface area contributed by atoms with Gasteiger partial charge in [0, 0.05) is 24.8 Å². The summed E-state index contributed by atoms with van der Waals surface area (Å²) in [5.74, 6) is -1.74. The topological polar surface area (TPSA) is 90.9 Å². The highest BCUT2D eigenvalue weighted by Gasteiger charge is 2.38. The highest BCUT2D eigenvalue weighted by atomic mass is 32.2. The van der Waals surface area contributed by atoms with Gasteiger partial charge in [0.25, 0.3) is 10.0 Å². The molecule has 0 unspecified atom stereocenters. The molecule has 158 valence electrons. The van der Waals surface area contributed by atoms with Crippen molar-refractivity contribution in [3.05, 3.63) is 84.5 Å². The Bertz CT molecular complexity index is 1340. The Morgan fingerprint density at radius 2 is 1.77 bits per heavy atom. The molecular formula is C20H13F3N4O3S. The number of hydrogen-bond donors (Lipinski definition) is 0. The molecule has 7 nitrogen and oxygen atoms in total. The van der Waals surface area contributed by atoms with Crippen molar-refractivity contribution in [2.45, 2.75) is 11.1 Å². The minimum atomic E-state index is -4.73. The summed E-state index contributed by atoms with van der Waals surface area (Å²) in [6, 6.07) is 11.5. The van der Waals surface area contributed by atoms with Crippen molar-refractivity contribution in [3.8, 4) is 11.1 Å². The average molecular weight is 446 g/mol. The lowest BCUT2D eigenvalue weighted by atomic mass is 10.1. The van der Waals surface area contributed by atoms with Crippen LogP contribution in [0.25, 0.3) is 23.3 Å². The van der Waals surface area contributed by atoms with E-state index in [2.05, 4.69) is 19.6 Å². The average Bonchev–Trinajstić information content (AvgIpc) is 3.43. The highest BCUT2D eigenvalue weighted by Crippen LogP contribution is 2.27. The van der Waals surface area contributed by atoms with Crippen molar-refractivity contribution in [3.63, 3.8) is 0 Å². The van der Waals surface area contributed by atoms with Gasteiger partial charge in [0.05, 0.1) is 4.90 Å². The van der Waals surface area contributed by atoms with E-state index in [4.69, 9.17) is 0 Å². The number of alkyl halides is 3. The minimum Gasteiger partial charge on any atom is -0.329 e. The van der Waals surface area contributed by atoms with Crippen molar-refractivity contribution >= 4 is 22.2 Å². The van der Waals surface area contributed by atoms with Crippen LogP contribution in [0.2, 0.25) is 0 Å². The number of halogens is 3. The first-order chi connectivity index (χ1) is 14.7. The third-order valence-corrected chi connectivity index (χ3v) is 5.85. The molecule has 4 aromatic rings. The zero-order valence-corrected chi connectivity index (χ0v) is 16.4. The number of aromatic nitrogens is 4. The normalized spacial score (nSPS) is 12.5. The molecule has 4 rings (SSSR count). The van der Waals surface area contributed by atoms with Crippen LogP contribution in [-0.2, 0) is 16.2 Å². The lowest BCUT2D eigenvalue weighted by molar-refractivity contribution is -0.159. The minimum absolute atomic E-state index is 0.0842. The molecular weight excluding hydrogens is 433 g/mol. The van der Waals surface area contributed by atoms with E-state index < -0.39 is 22.1 Å². The van der Waals surface area contributed by atoms with Crippen LogP contribution in [0.5, 0.6) is 0 Å². The first-order valence-corrected chi connectivity index (χ1v) is 10.2. The maximum absolute atomic E-state index is 13.0. The van der Waals surface area contributed by atoms with Gasteiger partial charge in [-0.05, 0) is 59.2 Å². The van der Waals surface area contributed by atoms with Crippen LogP contribution in [0.4, 0.5) is 13.2 Å². The second-order valence-electron chi connectivity index (χ2n) is 6.33. The molecule has 3 heterocycles. The van der Waals surface area contributed by atoms with Crippen LogP contribution in [0.15, 0.2) is 76.7 Å². The molecule has 1 aromatic carbocycles. The fraction of sp³-hybridized carbons (Fsp3) is 0.0500. The van der Waals surface area contributed by atoms with E-state index in [1.54, 1.807) is 42.7 Å². The summed E-state index contributed by atoms with van der Waals surface area (Å²) in [5.41, 5.74) is 1.96. The van der Waals surface area contributed by atoms with Gasteiger partial charge in [0.1, 0.15) is 0 Å². The van der Waals surface area contributed by atoms with Gasteiger partial charge < -0.3 is 4.52 Å². The number of hydrogen-bond acceptors (Lipinski definition) is 6. The number of pyridine rings is 1. The summed E-state index contributed by atoms with van der Waals surface area (Å²) >= 11 is 0. The second kappa shape index (κ2) is 7.84. The SMILES string of the molecule is O=S(=O)(c1cccc(-c2ccncc2)c1)n1ccc(C=Cc2noc(C(F)(F)F)n2)c1. The van der Waals surface area contributed by atoms with Gasteiger partial charge in [-0.15, -0.1) is 0 Å². The molecule has 11 heteroatoms. The molecule has 0 bridgehead atoms. The first kappa shape index (κ1) is 20.5. The van der Waals surface area contributed by atoms with Crippen molar-refractivity contribution in [1.82, 2.24) is 19.1 Å². The zero-order valence-electron chi connectivity index (χ0n) is 15.6. The molecule has 0 fully saturated rings. The molecule has 0 saturated carbocycles. The predicted octanol–water partition coefficient (Wildman–Crippen LogP) is 4.36. The summed E-state index contributed by atoms with van der Waals surface area (Å²) in [6.45, 7) is 0. The van der Waals surface area contributed by atoms with Crippen LogP contribution in [0.3, 0.4) is 0 Å². The smallest absolute Gasteiger partial charge is 0.329 e.